The Kier molecular flexibility index (Phi) is 5.19. The molecule has 0 saturated carbocycles. The van der Waals surface area contributed by atoms with Crippen molar-refractivity contribution in [1.82, 2.24) is 0 Å². The van der Waals surface area contributed by atoms with Crippen LogP contribution in [0.5, 0.6) is 0 Å². The molecule has 1 aromatic heterocycles. The Morgan fingerprint density at radius 1 is 1.41 bits per heavy atom. The van der Waals surface area contributed by atoms with Gasteiger partial charge in [-0.3, -0.25) is 5.32 Å². The number of ether oxygens (including phenoxy) is 1. The van der Waals surface area contributed by atoms with E-state index in [4.69, 9.17) is 16.3 Å². The summed E-state index contributed by atoms with van der Waals surface area (Å²) < 4.78 is 4.79. The van der Waals surface area contributed by atoms with Crippen LogP contribution in [-0.2, 0) is 4.74 Å². The molecule has 0 aliphatic heterocycles. The first kappa shape index (κ1) is 16.1. The lowest BCUT2D eigenvalue weighted by molar-refractivity contribution is 0.0698. The maximum Gasteiger partial charge on any atom is 0.412 e. The number of benzene rings is 1. The zero-order valence-corrected chi connectivity index (χ0v) is 12.9. The number of carbonyl (C=O) groups is 2. The molecule has 0 spiro atoms. The Labute approximate surface area is 135 Å². The van der Waals surface area contributed by atoms with E-state index in [2.05, 4.69) is 11.9 Å². The number of halogens is 1. The van der Waals surface area contributed by atoms with Gasteiger partial charge < -0.3 is 9.84 Å². The lowest BCUT2D eigenvalue weighted by Gasteiger charge is -2.03. The number of carbonyl (C=O) groups excluding carboxylic acids is 1. The molecule has 0 aliphatic carbocycles. The van der Waals surface area contributed by atoms with Gasteiger partial charge in [0.15, 0.2) is 0 Å². The van der Waals surface area contributed by atoms with Crippen LogP contribution in [0.1, 0.15) is 10.4 Å². The first-order valence-electron chi connectivity index (χ1n) is 6.19. The van der Waals surface area contributed by atoms with Crippen molar-refractivity contribution >= 4 is 40.0 Å². The zero-order chi connectivity index (χ0) is 16.1. The summed E-state index contributed by atoms with van der Waals surface area (Å²) in [6.07, 6.45) is 0.686. The molecule has 2 rings (SSSR count). The van der Waals surface area contributed by atoms with E-state index in [1.54, 1.807) is 18.2 Å². The third-order valence-electron chi connectivity index (χ3n) is 2.62. The largest absolute Gasteiger partial charge is 0.478 e. The second kappa shape index (κ2) is 7.11. The van der Waals surface area contributed by atoms with Crippen molar-refractivity contribution in [3.63, 3.8) is 0 Å². The summed E-state index contributed by atoms with van der Waals surface area (Å²) >= 11 is 7.07. The number of carboxylic acid groups (broad SMARTS) is 1. The molecule has 2 N–H and O–H groups in total. The quantitative estimate of drug-likeness (QED) is 0.787. The van der Waals surface area contributed by atoms with Gasteiger partial charge in [-0.05, 0) is 23.8 Å². The summed E-state index contributed by atoms with van der Waals surface area (Å²) in [5.74, 6) is -1.14. The lowest BCUT2D eigenvalue weighted by Crippen LogP contribution is -2.14. The topological polar surface area (TPSA) is 75.6 Å². The van der Waals surface area contributed by atoms with Crippen LogP contribution < -0.4 is 5.32 Å². The standard InChI is InChI=1S/C15H12ClNO4S/c1-2-6-21-15(20)17-13-11(14(18)19)8-12(22-13)9-4-3-5-10(16)7-9/h2-5,7-8H,1,6H2,(H,17,20)(H,18,19). The number of amides is 1. The van der Waals surface area contributed by atoms with Gasteiger partial charge in [0.1, 0.15) is 11.6 Å². The number of anilines is 1. The Bertz CT molecular complexity index is 726. The van der Waals surface area contributed by atoms with Crippen molar-refractivity contribution in [1.29, 1.82) is 0 Å². The van der Waals surface area contributed by atoms with E-state index in [1.807, 2.05) is 6.07 Å². The molecule has 0 unspecified atom stereocenters. The molecular weight excluding hydrogens is 326 g/mol. The van der Waals surface area contributed by atoms with Gasteiger partial charge in [0.2, 0.25) is 0 Å². The molecule has 1 amide bonds. The highest BCUT2D eigenvalue weighted by Gasteiger charge is 2.18. The third kappa shape index (κ3) is 3.87. The highest BCUT2D eigenvalue weighted by Crippen LogP contribution is 2.36. The summed E-state index contributed by atoms with van der Waals surface area (Å²) in [6.45, 7) is 3.47. The molecule has 22 heavy (non-hydrogen) atoms. The highest BCUT2D eigenvalue weighted by atomic mass is 35.5. The molecule has 0 radical (unpaired) electrons. The summed E-state index contributed by atoms with van der Waals surface area (Å²) in [4.78, 5) is 23.5. The van der Waals surface area contributed by atoms with E-state index in [0.717, 1.165) is 16.9 Å². The van der Waals surface area contributed by atoms with Gasteiger partial charge in [-0.2, -0.15) is 0 Å². The SMILES string of the molecule is C=CCOC(=O)Nc1sc(-c2cccc(Cl)c2)cc1C(=O)O. The van der Waals surface area contributed by atoms with Gasteiger partial charge >= 0.3 is 12.1 Å². The normalized spacial score (nSPS) is 10.0. The fourth-order valence-electron chi connectivity index (χ4n) is 1.69. The molecule has 1 heterocycles. The maximum atomic E-state index is 11.6. The van der Waals surface area contributed by atoms with E-state index in [1.165, 1.54) is 12.1 Å². The Balaban J connectivity index is 2.31. The maximum absolute atomic E-state index is 11.6. The van der Waals surface area contributed by atoms with Gasteiger partial charge in [0, 0.05) is 9.90 Å². The minimum Gasteiger partial charge on any atom is -0.478 e. The molecule has 0 bridgehead atoms. The average Bonchev–Trinajstić information content (AvgIpc) is 2.89. The monoisotopic (exact) mass is 337 g/mol. The van der Waals surface area contributed by atoms with Gasteiger partial charge in [0.05, 0.1) is 5.56 Å². The Morgan fingerprint density at radius 2 is 2.18 bits per heavy atom. The molecule has 0 fully saturated rings. The second-order valence-corrected chi connectivity index (χ2v) is 5.67. The number of hydrogen-bond donors (Lipinski definition) is 2. The van der Waals surface area contributed by atoms with Crippen molar-refractivity contribution in [3.8, 4) is 10.4 Å². The van der Waals surface area contributed by atoms with Crippen molar-refractivity contribution in [2.45, 2.75) is 0 Å². The second-order valence-electron chi connectivity index (χ2n) is 4.18. The van der Waals surface area contributed by atoms with Gasteiger partial charge in [0.25, 0.3) is 0 Å². The number of nitrogens with one attached hydrogen (secondary N) is 1. The average molecular weight is 338 g/mol. The Hall–Kier alpha value is -2.31. The summed E-state index contributed by atoms with van der Waals surface area (Å²) in [5.41, 5.74) is 0.767. The number of rotatable bonds is 5. The van der Waals surface area contributed by atoms with Crippen LogP contribution in [0.25, 0.3) is 10.4 Å². The van der Waals surface area contributed by atoms with Crippen LogP contribution in [0.15, 0.2) is 43.0 Å². The zero-order valence-electron chi connectivity index (χ0n) is 11.3. The third-order valence-corrected chi connectivity index (χ3v) is 3.95. The van der Waals surface area contributed by atoms with Crippen LogP contribution in [0.4, 0.5) is 9.80 Å². The smallest absolute Gasteiger partial charge is 0.412 e. The molecular formula is C15H12ClNO4S. The first-order valence-corrected chi connectivity index (χ1v) is 7.38. The summed E-state index contributed by atoms with van der Waals surface area (Å²) in [6, 6.07) is 8.51. The lowest BCUT2D eigenvalue weighted by atomic mass is 10.1. The van der Waals surface area contributed by atoms with Crippen molar-refractivity contribution < 1.29 is 19.4 Å². The fraction of sp³-hybridized carbons (Fsp3) is 0.0667. The van der Waals surface area contributed by atoms with Gasteiger partial charge in [-0.15, -0.1) is 11.3 Å². The molecule has 0 saturated heterocycles. The van der Waals surface area contributed by atoms with Gasteiger partial charge in [-0.1, -0.05) is 36.4 Å². The predicted molar refractivity (Wildman–Crippen MR) is 86.9 cm³/mol. The fourth-order valence-corrected chi connectivity index (χ4v) is 2.91. The number of thiophene rings is 1. The molecule has 0 aliphatic rings. The van der Waals surface area contributed by atoms with E-state index < -0.39 is 12.1 Å². The molecule has 5 nitrogen and oxygen atoms in total. The van der Waals surface area contributed by atoms with E-state index in [9.17, 15) is 14.7 Å². The predicted octanol–water partition coefficient (Wildman–Crippen LogP) is 4.50. The minimum atomic E-state index is -1.14. The van der Waals surface area contributed by atoms with Crippen molar-refractivity contribution in [2.24, 2.45) is 0 Å². The number of carboxylic acids is 1. The number of aromatic carboxylic acids is 1. The van der Waals surface area contributed by atoms with E-state index in [0.29, 0.717) is 9.90 Å². The highest BCUT2D eigenvalue weighted by molar-refractivity contribution is 7.20. The summed E-state index contributed by atoms with van der Waals surface area (Å²) in [5, 5.41) is 12.4. The van der Waals surface area contributed by atoms with Crippen LogP contribution in [0.3, 0.4) is 0 Å². The van der Waals surface area contributed by atoms with Crippen LogP contribution in [0, 0.1) is 0 Å². The summed E-state index contributed by atoms with van der Waals surface area (Å²) in [7, 11) is 0. The van der Waals surface area contributed by atoms with Crippen molar-refractivity contribution in [3.05, 3.63) is 53.6 Å². The molecule has 1 aromatic carbocycles. The molecule has 114 valence electrons. The van der Waals surface area contributed by atoms with Crippen molar-refractivity contribution in [2.75, 3.05) is 11.9 Å². The van der Waals surface area contributed by atoms with E-state index in [-0.39, 0.29) is 17.2 Å². The van der Waals surface area contributed by atoms with Crippen LogP contribution in [-0.4, -0.2) is 23.8 Å². The van der Waals surface area contributed by atoms with Crippen LogP contribution >= 0.6 is 22.9 Å². The number of hydrogen-bond acceptors (Lipinski definition) is 4. The molecule has 0 atom stereocenters. The van der Waals surface area contributed by atoms with Crippen LogP contribution in [0.2, 0.25) is 5.02 Å². The van der Waals surface area contributed by atoms with Gasteiger partial charge in [-0.25, -0.2) is 9.59 Å². The molecule has 7 heteroatoms. The minimum absolute atomic E-state index is 0.00414. The first-order chi connectivity index (χ1) is 10.5. The Morgan fingerprint density at radius 3 is 2.82 bits per heavy atom. The molecule has 2 aromatic rings. The van der Waals surface area contributed by atoms with E-state index >= 15 is 0 Å².